The Labute approximate surface area is 165 Å². The number of aliphatic hydroxyl groups is 1. The third-order valence-electron chi connectivity index (χ3n) is 5.92. The standard InChI is InChI=1S/C21H27N5O2/c1-15-12-16(2)24-20(23-15)26-11-7-18(27)21(14-26)8-5-10-25(13-21)19(28)17-6-3-4-9-22-17/h3-4,6,9,12,18,27H,5,7-8,10-11,13-14H2,1-2H3/t18-,21+/m1/s1. The van der Waals surface area contributed by atoms with Crippen LogP contribution in [0.5, 0.6) is 0 Å². The van der Waals surface area contributed by atoms with Crippen molar-refractivity contribution in [1.82, 2.24) is 19.9 Å². The normalized spacial score (nSPS) is 25.2. The fraction of sp³-hybridized carbons (Fsp3) is 0.524. The molecule has 2 atom stereocenters. The molecule has 0 radical (unpaired) electrons. The molecular formula is C21H27N5O2. The van der Waals surface area contributed by atoms with Gasteiger partial charge < -0.3 is 14.9 Å². The number of likely N-dealkylation sites (tertiary alicyclic amines) is 1. The number of aryl methyl sites for hydroxylation is 2. The largest absolute Gasteiger partial charge is 0.392 e. The maximum atomic E-state index is 12.9. The average Bonchev–Trinajstić information content (AvgIpc) is 2.70. The summed E-state index contributed by atoms with van der Waals surface area (Å²) in [5.74, 6) is 0.656. The van der Waals surface area contributed by atoms with Gasteiger partial charge in [-0.2, -0.15) is 0 Å². The van der Waals surface area contributed by atoms with E-state index in [0.29, 0.717) is 31.7 Å². The van der Waals surface area contributed by atoms with Crippen LogP contribution in [0.2, 0.25) is 0 Å². The summed E-state index contributed by atoms with van der Waals surface area (Å²) in [7, 11) is 0. The van der Waals surface area contributed by atoms with Gasteiger partial charge in [0.1, 0.15) is 5.69 Å². The molecule has 0 aliphatic carbocycles. The van der Waals surface area contributed by atoms with E-state index in [4.69, 9.17) is 0 Å². The van der Waals surface area contributed by atoms with E-state index in [-0.39, 0.29) is 11.3 Å². The number of nitrogens with zero attached hydrogens (tertiary/aromatic N) is 5. The van der Waals surface area contributed by atoms with Gasteiger partial charge in [0.15, 0.2) is 0 Å². The maximum absolute atomic E-state index is 12.9. The number of amides is 1. The molecule has 1 spiro atoms. The molecule has 2 aromatic rings. The molecule has 2 fully saturated rings. The molecule has 1 amide bonds. The second kappa shape index (κ2) is 7.47. The predicted octanol–water partition coefficient (Wildman–Crippen LogP) is 1.98. The number of pyridine rings is 1. The van der Waals surface area contributed by atoms with Crippen LogP contribution < -0.4 is 4.90 Å². The van der Waals surface area contributed by atoms with Crippen LogP contribution in [0.4, 0.5) is 5.95 Å². The zero-order valence-electron chi connectivity index (χ0n) is 16.5. The Morgan fingerprint density at radius 1 is 1.18 bits per heavy atom. The van der Waals surface area contributed by atoms with E-state index in [1.807, 2.05) is 30.9 Å². The molecule has 2 aliphatic rings. The van der Waals surface area contributed by atoms with Crippen molar-refractivity contribution in [2.24, 2.45) is 5.41 Å². The molecule has 7 heteroatoms. The quantitative estimate of drug-likeness (QED) is 0.857. The van der Waals surface area contributed by atoms with Crippen LogP contribution in [-0.2, 0) is 0 Å². The number of anilines is 1. The fourth-order valence-electron chi connectivity index (χ4n) is 4.55. The molecule has 0 saturated carbocycles. The van der Waals surface area contributed by atoms with Crippen LogP contribution in [0.3, 0.4) is 0 Å². The number of hydrogen-bond donors (Lipinski definition) is 1. The number of carbonyl (C=O) groups is 1. The van der Waals surface area contributed by atoms with Crippen LogP contribution >= 0.6 is 0 Å². The van der Waals surface area contributed by atoms with Gasteiger partial charge in [-0.05, 0) is 51.3 Å². The van der Waals surface area contributed by atoms with E-state index in [1.54, 1.807) is 18.3 Å². The van der Waals surface area contributed by atoms with Crippen molar-refractivity contribution in [3.8, 4) is 0 Å². The summed E-state index contributed by atoms with van der Waals surface area (Å²) in [6.07, 6.45) is 3.62. The second-order valence-electron chi connectivity index (χ2n) is 8.08. The second-order valence-corrected chi connectivity index (χ2v) is 8.08. The third kappa shape index (κ3) is 3.58. The van der Waals surface area contributed by atoms with Crippen molar-refractivity contribution >= 4 is 11.9 Å². The van der Waals surface area contributed by atoms with Crippen LogP contribution in [0.1, 0.15) is 41.1 Å². The molecule has 1 N–H and O–H groups in total. The van der Waals surface area contributed by atoms with Gasteiger partial charge in [0.05, 0.1) is 6.10 Å². The minimum Gasteiger partial charge on any atom is -0.392 e. The summed E-state index contributed by atoms with van der Waals surface area (Å²) in [6, 6.07) is 7.35. The highest BCUT2D eigenvalue weighted by atomic mass is 16.3. The number of hydrogen-bond acceptors (Lipinski definition) is 6. The van der Waals surface area contributed by atoms with Gasteiger partial charge in [0.25, 0.3) is 5.91 Å². The first-order valence-corrected chi connectivity index (χ1v) is 9.92. The van der Waals surface area contributed by atoms with Gasteiger partial charge in [-0.3, -0.25) is 9.78 Å². The summed E-state index contributed by atoms with van der Waals surface area (Å²) < 4.78 is 0. The summed E-state index contributed by atoms with van der Waals surface area (Å²) in [5.41, 5.74) is 1.98. The molecular weight excluding hydrogens is 354 g/mol. The van der Waals surface area contributed by atoms with Gasteiger partial charge in [0, 0.05) is 49.2 Å². The lowest BCUT2D eigenvalue weighted by Crippen LogP contribution is -2.60. The van der Waals surface area contributed by atoms with Crippen LogP contribution in [0, 0.1) is 19.3 Å². The van der Waals surface area contributed by atoms with Gasteiger partial charge in [-0.25, -0.2) is 9.97 Å². The smallest absolute Gasteiger partial charge is 0.272 e. The maximum Gasteiger partial charge on any atom is 0.272 e. The number of carbonyl (C=O) groups excluding carboxylic acids is 1. The van der Waals surface area contributed by atoms with Gasteiger partial charge >= 0.3 is 0 Å². The molecule has 28 heavy (non-hydrogen) atoms. The SMILES string of the molecule is Cc1cc(C)nc(N2CC[C@@H](O)[C@]3(CCCN(C(=O)c4ccccn4)C3)C2)n1. The molecule has 2 saturated heterocycles. The summed E-state index contributed by atoms with van der Waals surface area (Å²) in [5, 5.41) is 10.9. The minimum absolute atomic E-state index is 0.0633. The van der Waals surface area contributed by atoms with Crippen LogP contribution in [-0.4, -0.2) is 63.1 Å². The van der Waals surface area contributed by atoms with Gasteiger partial charge in [-0.15, -0.1) is 0 Å². The van der Waals surface area contributed by atoms with E-state index in [2.05, 4.69) is 19.9 Å². The Morgan fingerprint density at radius 3 is 2.68 bits per heavy atom. The molecule has 0 unspecified atom stereocenters. The fourth-order valence-corrected chi connectivity index (χ4v) is 4.55. The molecule has 4 heterocycles. The van der Waals surface area contributed by atoms with Crippen molar-refractivity contribution in [3.63, 3.8) is 0 Å². The topological polar surface area (TPSA) is 82.5 Å². The van der Waals surface area contributed by atoms with Crippen molar-refractivity contribution in [2.45, 2.75) is 39.2 Å². The van der Waals surface area contributed by atoms with E-state index in [9.17, 15) is 9.90 Å². The zero-order valence-corrected chi connectivity index (χ0v) is 16.5. The monoisotopic (exact) mass is 381 g/mol. The first-order valence-electron chi connectivity index (χ1n) is 9.92. The molecule has 2 aliphatic heterocycles. The van der Waals surface area contributed by atoms with Crippen molar-refractivity contribution in [3.05, 3.63) is 47.5 Å². The molecule has 7 nitrogen and oxygen atoms in total. The summed E-state index contributed by atoms with van der Waals surface area (Å²) in [4.78, 5) is 30.3. The third-order valence-corrected chi connectivity index (χ3v) is 5.92. The summed E-state index contributed by atoms with van der Waals surface area (Å²) in [6.45, 7) is 6.55. The van der Waals surface area contributed by atoms with E-state index in [0.717, 1.165) is 36.7 Å². The Hall–Kier alpha value is -2.54. The molecule has 2 aromatic heterocycles. The number of piperidine rings is 2. The Bertz CT molecular complexity index is 839. The first-order chi connectivity index (χ1) is 13.5. The van der Waals surface area contributed by atoms with Crippen LogP contribution in [0.25, 0.3) is 0 Å². The van der Waals surface area contributed by atoms with E-state index >= 15 is 0 Å². The average molecular weight is 381 g/mol. The molecule has 0 aromatic carbocycles. The van der Waals surface area contributed by atoms with Crippen molar-refractivity contribution < 1.29 is 9.90 Å². The number of aromatic nitrogens is 3. The lowest BCUT2D eigenvalue weighted by Gasteiger charge is -2.51. The lowest BCUT2D eigenvalue weighted by atomic mass is 9.71. The molecule has 0 bridgehead atoms. The highest BCUT2D eigenvalue weighted by Gasteiger charge is 2.47. The Balaban J connectivity index is 1.57. The zero-order chi connectivity index (χ0) is 19.7. The highest BCUT2D eigenvalue weighted by molar-refractivity contribution is 5.92. The predicted molar refractivity (Wildman–Crippen MR) is 106 cm³/mol. The molecule has 4 rings (SSSR count). The Kier molecular flexibility index (Phi) is 5.02. The Morgan fingerprint density at radius 2 is 1.96 bits per heavy atom. The van der Waals surface area contributed by atoms with E-state index < -0.39 is 6.10 Å². The van der Waals surface area contributed by atoms with Gasteiger partial charge in [-0.1, -0.05) is 6.07 Å². The number of aliphatic hydroxyl groups excluding tert-OH is 1. The van der Waals surface area contributed by atoms with Gasteiger partial charge in [0.2, 0.25) is 5.95 Å². The van der Waals surface area contributed by atoms with Crippen molar-refractivity contribution in [2.75, 3.05) is 31.1 Å². The summed E-state index contributed by atoms with van der Waals surface area (Å²) >= 11 is 0. The lowest BCUT2D eigenvalue weighted by molar-refractivity contribution is -0.0365. The van der Waals surface area contributed by atoms with Crippen LogP contribution in [0.15, 0.2) is 30.5 Å². The minimum atomic E-state index is -0.436. The van der Waals surface area contributed by atoms with E-state index in [1.165, 1.54) is 0 Å². The molecule has 148 valence electrons. The number of rotatable bonds is 2. The van der Waals surface area contributed by atoms with Crippen molar-refractivity contribution in [1.29, 1.82) is 0 Å². The first kappa shape index (κ1) is 18.8. The highest BCUT2D eigenvalue weighted by Crippen LogP contribution is 2.40.